The fourth-order valence-corrected chi connectivity index (χ4v) is 2.43. The number of nitrogens with one attached hydrogen (secondary N) is 1. The summed E-state index contributed by atoms with van der Waals surface area (Å²) in [6, 6.07) is 2.11. The van der Waals surface area contributed by atoms with Crippen LogP contribution in [0, 0.1) is 0 Å². The van der Waals surface area contributed by atoms with Crippen molar-refractivity contribution in [3.63, 3.8) is 0 Å². The summed E-state index contributed by atoms with van der Waals surface area (Å²) in [7, 11) is 0. The van der Waals surface area contributed by atoms with Gasteiger partial charge in [0, 0.05) is 31.2 Å². The summed E-state index contributed by atoms with van der Waals surface area (Å²) in [5.74, 6) is -1.24. The molecule has 0 bridgehead atoms. The lowest BCUT2D eigenvalue weighted by molar-refractivity contribution is -0.137. The van der Waals surface area contributed by atoms with E-state index in [1.165, 1.54) is 0 Å². The first kappa shape index (κ1) is 17.6. The molecule has 1 aromatic rings. The molecule has 2 rings (SSSR count). The number of phenols is 1. The van der Waals surface area contributed by atoms with Gasteiger partial charge in [0.1, 0.15) is 5.75 Å². The second-order valence-electron chi connectivity index (χ2n) is 5.55. The monoisotopic (exact) mass is 332 g/mol. The molecule has 1 amide bonds. The number of amides is 1. The van der Waals surface area contributed by atoms with E-state index < -0.39 is 23.4 Å². The van der Waals surface area contributed by atoms with Gasteiger partial charge in [0.15, 0.2) is 0 Å². The van der Waals surface area contributed by atoms with E-state index >= 15 is 0 Å². The Morgan fingerprint density at radius 3 is 2.61 bits per heavy atom. The smallest absolute Gasteiger partial charge is 0.416 e. The maximum absolute atomic E-state index is 12.7. The van der Waals surface area contributed by atoms with Crippen LogP contribution in [0.15, 0.2) is 18.2 Å². The molecule has 1 aliphatic heterocycles. The van der Waals surface area contributed by atoms with E-state index in [1.54, 1.807) is 6.92 Å². The summed E-state index contributed by atoms with van der Waals surface area (Å²) < 4.78 is 43.4. The zero-order valence-electron chi connectivity index (χ0n) is 12.7. The van der Waals surface area contributed by atoms with E-state index in [-0.39, 0.29) is 11.6 Å². The number of aromatic hydroxyl groups is 1. The van der Waals surface area contributed by atoms with Crippen LogP contribution in [0.4, 0.5) is 13.2 Å². The Hall–Kier alpha value is -1.80. The predicted molar refractivity (Wildman–Crippen MR) is 77.3 cm³/mol. The molecule has 0 unspecified atom stereocenters. The van der Waals surface area contributed by atoms with Crippen LogP contribution in [0.25, 0.3) is 0 Å². The molecule has 8 heteroatoms. The van der Waals surface area contributed by atoms with Gasteiger partial charge in [-0.3, -0.25) is 9.69 Å². The molecule has 1 saturated heterocycles. The van der Waals surface area contributed by atoms with E-state index in [0.717, 1.165) is 25.2 Å². The minimum absolute atomic E-state index is 0.217. The number of phenolic OH excluding ortho intramolecular Hbond substituents is 1. The SMILES string of the molecule is C[C@@H](CN1CCOCC1)NC(=O)c1cc(O)cc(C(F)(F)F)c1. The van der Waals surface area contributed by atoms with Crippen molar-refractivity contribution in [3.05, 3.63) is 29.3 Å². The average molecular weight is 332 g/mol. The highest BCUT2D eigenvalue weighted by Gasteiger charge is 2.32. The van der Waals surface area contributed by atoms with Crippen molar-refractivity contribution < 1.29 is 27.8 Å². The van der Waals surface area contributed by atoms with Crippen LogP contribution in [-0.4, -0.2) is 54.8 Å². The Morgan fingerprint density at radius 1 is 1.35 bits per heavy atom. The van der Waals surface area contributed by atoms with Gasteiger partial charge in [0.25, 0.3) is 5.91 Å². The molecule has 0 spiro atoms. The van der Waals surface area contributed by atoms with Crippen LogP contribution in [0.3, 0.4) is 0 Å². The fraction of sp³-hybridized carbons (Fsp3) is 0.533. The number of alkyl halides is 3. The van der Waals surface area contributed by atoms with Crippen LogP contribution in [0.5, 0.6) is 5.75 Å². The van der Waals surface area contributed by atoms with Gasteiger partial charge in [0.05, 0.1) is 18.8 Å². The van der Waals surface area contributed by atoms with E-state index in [4.69, 9.17) is 4.74 Å². The zero-order valence-corrected chi connectivity index (χ0v) is 12.7. The zero-order chi connectivity index (χ0) is 17.0. The Bertz CT molecular complexity index is 557. The summed E-state index contributed by atoms with van der Waals surface area (Å²) >= 11 is 0. The topological polar surface area (TPSA) is 61.8 Å². The number of morpholine rings is 1. The minimum atomic E-state index is -4.62. The maximum Gasteiger partial charge on any atom is 0.416 e. The second-order valence-corrected chi connectivity index (χ2v) is 5.55. The Labute approximate surface area is 132 Å². The minimum Gasteiger partial charge on any atom is -0.508 e. The van der Waals surface area contributed by atoms with Crippen molar-refractivity contribution in [3.8, 4) is 5.75 Å². The number of nitrogens with zero attached hydrogens (tertiary/aromatic N) is 1. The lowest BCUT2D eigenvalue weighted by Gasteiger charge is -2.29. The van der Waals surface area contributed by atoms with Crippen molar-refractivity contribution in [2.45, 2.75) is 19.1 Å². The van der Waals surface area contributed by atoms with E-state index in [2.05, 4.69) is 10.2 Å². The normalized spacial score (nSPS) is 17.7. The van der Waals surface area contributed by atoms with Crippen LogP contribution in [0.2, 0.25) is 0 Å². The van der Waals surface area contributed by atoms with E-state index in [0.29, 0.717) is 25.8 Å². The Balaban J connectivity index is 2.00. The molecule has 5 nitrogen and oxygen atoms in total. The van der Waals surface area contributed by atoms with Gasteiger partial charge in [-0.2, -0.15) is 13.2 Å². The van der Waals surface area contributed by atoms with Crippen molar-refractivity contribution in [2.75, 3.05) is 32.8 Å². The maximum atomic E-state index is 12.7. The van der Waals surface area contributed by atoms with Gasteiger partial charge in [-0.15, -0.1) is 0 Å². The van der Waals surface area contributed by atoms with Gasteiger partial charge in [-0.05, 0) is 25.1 Å². The van der Waals surface area contributed by atoms with Crippen molar-refractivity contribution >= 4 is 5.91 Å². The number of rotatable bonds is 4. The number of ether oxygens (including phenoxy) is 1. The quantitative estimate of drug-likeness (QED) is 0.884. The molecular formula is C15H19F3N2O3. The van der Waals surface area contributed by atoms with Gasteiger partial charge in [-0.25, -0.2) is 0 Å². The first-order valence-electron chi connectivity index (χ1n) is 7.28. The van der Waals surface area contributed by atoms with Crippen LogP contribution < -0.4 is 5.32 Å². The van der Waals surface area contributed by atoms with Gasteiger partial charge in [-0.1, -0.05) is 0 Å². The Morgan fingerprint density at radius 2 is 2.00 bits per heavy atom. The van der Waals surface area contributed by atoms with Crippen molar-refractivity contribution in [1.82, 2.24) is 10.2 Å². The van der Waals surface area contributed by atoms with Crippen LogP contribution >= 0.6 is 0 Å². The third-order valence-corrected chi connectivity index (χ3v) is 3.52. The van der Waals surface area contributed by atoms with Gasteiger partial charge >= 0.3 is 6.18 Å². The molecule has 0 saturated carbocycles. The van der Waals surface area contributed by atoms with Gasteiger partial charge in [0.2, 0.25) is 0 Å². The number of halogens is 3. The van der Waals surface area contributed by atoms with E-state index in [1.807, 2.05) is 0 Å². The number of hydrogen-bond donors (Lipinski definition) is 2. The third kappa shape index (κ3) is 5.11. The molecule has 0 aromatic heterocycles. The molecule has 1 atom stereocenters. The highest BCUT2D eigenvalue weighted by molar-refractivity contribution is 5.95. The van der Waals surface area contributed by atoms with Crippen molar-refractivity contribution in [2.24, 2.45) is 0 Å². The summed E-state index contributed by atoms with van der Waals surface area (Å²) in [4.78, 5) is 14.2. The number of carbonyl (C=O) groups excluding carboxylic acids is 1. The predicted octanol–water partition coefficient (Wildman–Crippen LogP) is 1.86. The molecule has 1 fully saturated rings. The molecule has 2 N–H and O–H groups in total. The molecule has 0 radical (unpaired) electrons. The first-order valence-corrected chi connectivity index (χ1v) is 7.28. The molecule has 128 valence electrons. The summed E-state index contributed by atoms with van der Waals surface area (Å²) in [5.41, 5.74) is -1.27. The number of hydrogen-bond acceptors (Lipinski definition) is 4. The first-order chi connectivity index (χ1) is 10.8. The lowest BCUT2D eigenvalue weighted by atomic mass is 10.1. The summed E-state index contributed by atoms with van der Waals surface area (Å²) in [6.45, 7) is 5.13. The summed E-state index contributed by atoms with van der Waals surface area (Å²) in [6.07, 6.45) is -4.62. The molecule has 0 aliphatic carbocycles. The highest BCUT2D eigenvalue weighted by atomic mass is 19.4. The molecule has 23 heavy (non-hydrogen) atoms. The second kappa shape index (κ2) is 7.18. The highest BCUT2D eigenvalue weighted by Crippen LogP contribution is 2.32. The lowest BCUT2D eigenvalue weighted by Crippen LogP contribution is -2.46. The summed E-state index contributed by atoms with van der Waals surface area (Å²) in [5, 5.41) is 12.0. The van der Waals surface area contributed by atoms with Gasteiger partial charge < -0.3 is 15.2 Å². The van der Waals surface area contributed by atoms with Crippen molar-refractivity contribution in [1.29, 1.82) is 0 Å². The number of benzene rings is 1. The molecular weight excluding hydrogens is 313 g/mol. The standard InChI is InChI=1S/C15H19F3N2O3/c1-10(9-20-2-4-23-5-3-20)19-14(22)11-6-12(15(16,17)18)8-13(21)7-11/h6-8,10,21H,2-5,9H2,1H3,(H,19,22)/t10-/m0/s1. The largest absolute Gasteiger partial charge is 0.508 e. The molecule has 1 aliphatic rings. The number of carbonyl (C=O) groups is 1. The third-order valence-electron chi connectivity index (χ3n) is 3.52. The van der Waals surface area contributed by atoms with E-state index in [9.17, 15) is 23.1 Å². The van der Waals surface area contributed by atoms with Crippen LogP contribution in [0.1, 0.15) is 22.8 Å². The van der Waals surface area contributed by atoms with Crippen LogP contribution in [-0.2, 0) is 10.9 Å². The Kier molecular flexibility index (Phi) is 5.48. The molecule has 1 aromatic carbocycles. The molecule has 1 heterocycles. The fourth-order valence-electron chi connectivity index (χ4n) is 2.43. The average Bonchev–Trinajstić information content (AvgIpc) is 2.46.